The summed E-state index contributed by atoms with van der Waals surface area (Å²) >= 11 is 5.17. The highest BCUT2D eigenvalue weighted by Crippen LogP contribution is 2.26. The first-order valence-electron chi connectivity index (χ1n) is 7.42. The number of hydrazine groups is 1. The highest BCUT2D eigenvalue weighted by molar-refractivity contribution is 7.80. The molecule has 0 aliphatic carbocycles. The van der Waals surface area contributed by atoms with Gasteiger partial charge in [0.15, 0.2) is 5.11 Å². The van der Waals surface area contributed by atoms with E-state index in [1.165, 1.54) is 18.2 Å². The van der Waals surface area contributed by atoms with Crippen LogP contribution in [0.3, 0.4) is 0 Å². The zero-order valence-corrected chi connectivity index (χ0v) is 13.8. The molecular weight excluding hydrogens is 338 g/mol. The molecule has 7 heteroatoms. The number of phenolic OH excluding ortho intramolecular Hbond substituents is 2. The first kappa shape index (κ1) is 16.5. The van der Waals surface area contributed by atoms with Gasteiger partial charge < -0.3 is 15.5 Å². The second-order valence-corrected chi connectivity index (χ2v) is 5.64. The van der Waals surface area contributed by atoms with Crippen molar-refractivity contribution in [2.45, 2.75) is 0 Å². The normalized spacial score (nSPS) is 10.2. The van der Waals surface area contributed by atoms with E-state index in [4.69, 9.17) is 12.2 Å². The monoisotopic (exact) mass is 353 g/mol. The van der Waals surface area contributed by atoms with Crippen molar-refractivity contribution in [1.82, 2.24) is 10.9 Å². The molecule has 0 saturated carbocycles. The molecule has 0 aliphatic rings. The number of anilines is 1. The molecule has 0 aliphatic heterocycles. The van der Waals surface area contributed by atoms with Crippen LogP contribution in [-0.4, -0.2) is 21.2 Å². The largest absolute Gasteiger partial charge is 0.507 e. The van der Waals surface area contributed by atoms with E-state index in [1.54, 1.807) is 0 Å². The Bertz CT molecular complexity index is 934. The lowest BCUT2D eigenvalue weighted by Gasteiger charge is -2.14. The van der Waals surface area contributed by atoms with E-state index in [9.17, 15) is 15.0 Å². The van der Waals surface area contributed by atoms with Crippen LogP contribution >= 0.6 is 12.2 Å². The molecule has 0 fully saturated rings. The van der Waals surface area contributed by atoms with E-state index in [0.29, 0.717) is 0 Å². The van der Waals surface area contributed by atoms with Gasteiger partial charge in [0.2, 0.25) is 0 Å². The number of thiocarbonyl (C=S) groups is 1. The molecule has 3 rings (SSSR count). The van der Waals surface area contributed by atoms with E-state index in [-0.39, 0.29) is 22.2 Å². The van der Waals surface area contributed by atoms with Crippen LogP contribution in [0, 0.1) is 0 Å². The number of carbonyl (C=O) groups is 1. The number of hydrogen-bond donors (Lipinski definition) is 5. The first-order valence-corrected chi connectivity index (χ1v) is 7.83. The van der Waals surface area contributed by atoms with Gasteiger partial charge in [0, 0.05) is 11.1 Å². The SMILES string of the molecule is O=C(NNC(=S)Nc1cccc2ccccc12)c1c(O)cccc1O. The fraction of sp³-hybridized carbons (Fsp3) is 0. The van der Waals surface area contributed by atoms with E-state index in [1.807, 2.05) is 42.5 Å². The summed E-state index contributed by atoms with van der Waals surface area (Å²) in [6.45, 7) is 0. The molecule has 0 atom stereocenters. The van der Waals surface area contributed by atoms with Crippen LogP contribution in [-0.2, 0) is 0 Å². The molecule has 0 bridgehead atoms. The Morgan fingerprint density at radius 3 is 2.24 bits per heavy atom. The quantitative estimate of drug-likeness (QED) is 0.359. The van der Waals surface area contributed by atoms with Crippen molar-refractivity contribution in [1.29, 1.82) is 0 Å². The third-order valence-corrected chi connectivity index (χ3v) is 3.78. The standard InChI is InChI=1S/C18H15N3O3S/c22-14-9-4-10-15(23)16(14)17(24)20-21-18(25)19-13-8-3-6-11-5-1-2-7-12(11)13/h1-10,22-23H,(H,20,24)(H2,19,21,25). The third kappa shape index (κ3) is 3.61. The Kier molecular flexibility index (Phi) is 4.67. The molecule has 25 heavy (non-hydrogen) atoms. The van der Waals surface area contributed by atoms with Crippen molar-refractivity contribution in [3.8, 4) is 11.5 Å². The van der Waals surface area contributed by atoms with Crippen molar-refractivity contribution in [2.75, 3.05) is 5.32 Å². The number of phenols is 2. The Hall–Kier alpha value is -3.32. The predicted molar refractivity (Wildman–Crippen MR) is 101 cm³/mol. The Balaban J connectivity index is 1.68. The minimum absolute atomic E-state index is 0.166. The summed E-state index contributed by atoms with van der Waals surface area (Å²) in [5.74, 6) is -1.36. The minimum Gasteiger partial charge on any atom is -0.507 e. The maximum absolute atomic E-state index is 12.1. The average Bonchev–Trinajstić information content (AvgIpc) is 2.60. The second kappa shape index (κ2) is 7.06. The van der Waals surface area contributed by atoms with Crippen LogP contribution < -0.4 is 16.2 Å². The zero-order valence-electron chi connectivity index (χ0n) is 13.0. The summed E-state index contributed by atoms with van der Waals surface area (Å²) in [7, 11) is 0. The Labute approximate surface area is 149 Å². The van der Waals surface area contributed by atoms with Gasteiger partial charge in [0.05, 0.1) is 0 Å². The molecule has 6 nitrogen and oxygen atoms in total. The summed E-state index contributed by atoms with van der Waals surface area (Å²) in [4.78, 5) is 12.1. The maximum Gasteiger partial charge on any atom is 0.277 e. The topological polar surface area (TPSA) is 93.6 Å². The van der Waals surface area contributed by atoms with Crippen LogP contribution in [0.5, 0.6) is 11.5 Å². The van der Waals surface area contributed by atoms with Crippen LogP contribution in [0.25, 0.3) is 10.8 Å². The van der Waals surface area contributed by atoms with E-state index in [0.717, 1.165) is 16.5 Å². The summed E-state index contributed by atoms with van der Waals surface area (Å²) in [5.41, 5.74) is 5.44. The predicted octanol–water partition coefficient (Wildman–Crippen LogP) is 2.88. The number of fused-ring (bicyclic) bond motifs is 1. The van der Waals surface area contributed by atoms with Gasteiger partial charge in [-0.25, -0.2) is 0 Å². The van der Waals surface area contributed by atoms with Crippen molar-refractivity contribution < 1.29 is 15.0 Å². The van der Waals surface area contributed by atoms with Gasteiger partial charge in [-0.05, 0) is 35.8 Å². The van der Waals surface area contributed by atoms with E-state index >= 15 is 0 Å². The van der Waals surface area contributed by atoms with E-state index in [2.05, 4.69) is 16.2 Å². The van der Waals surface area contributed by atoms with Crippen molar-refractivity contribution in [3.63, 3.8) is 0 Å². The van der Waals surface area contributed by atoms with Crippen LogP contribution in [0.1, 0.15) is 10.4 Å². The summed E-state index contributed by atoms with van der Waals surface area (Å²) in [6, 6.07) is 17.6. The number of carbonyl (C=O) groups excluding carboxylic acids is 1. The van der Waals surface area contributed by atoms with Crippen molar-refractivity contribution >= 4 is 39.7 Å². The van der Waals surface area contributed by atoms with Gasteiger partial charge in [-0.1, -0.05) is 42.5 Å². The number of aromatic hydroxyl groups is 2. The van der Waals surface area contributed by atoms with E-state index < -0.39 is 5.91 Å². The number of nitrogens with one attached hydrogen (secondary N) is 3. The van der Waals surface area contributed by atoms with Gasteiger partial charge in [0.1, 0.15) is 17.1 Å². The molecule has 0 spiro atoms. The molecule has 3 aromatic carbocycles. The van der Waals surface area contributed by atoms with Crippen molar-refractivity contribution in [3.05, 3.63) is 66.2 Å². The lowest BCUT2D eigenvalue weighted by molar-refractivity contribution is 0.0938. The van der Waals surface area contributed by atoms with Crippen LogP contribution in [0.15, 0.2) is 60.7 Å². The zero-order chi connectivity index (χ0) is 17.8. The van der Waals surface area contributed by atoms with Gasteiger partial charge in [0.25, 0.3) is 5.91 Å². The van der Waals surface area contributed by atoms with Gasteiger partial charge in [-0.15, -0.1) is 0 Å². The molecule has 1 amide bonds. The average molecular weight is 353 g/mol. The highest BCUT2D eigenvalue weighted by atomic mass is 32.1. The number of amides is 1. The fourth-order valence-electron chi connectivity index (χ4n) is 2.42. The van der Waals surface area contributed by atoms with Gasteiger partial charge in [-0.3, -0.25) is 15.6 Å². The third-order valence-electron chi connectivity index (χ3n) is 3.57. The number of hydrogen-bond acceptors (Lipinski definition) is 4. The Morgan fingerprint density at radius 2 is 1.48 bits per heavy atom. The van der Waals surface area contributed by atoms with Crippen molar-refractivity contribution in [2.24, 2.45) is 0 Å². The molecule has 3 aromatic rings. The summed E-state index contributed by atoms with van der Waals surface area (Å²) in [6.07, 6.45) is 0. The number of benzene rings is 3. The minimum atomic E-state index is -0.710. The molecule has 0 saturated heterocycles. The second-order valence-electron chi connectivity index (χ2n) is 5.23. The molecule has 126 valence electrons. The molecule has 0 unspecified atom stereocenters. The van der Waals surface area contributed by atoms with Gasteiger partial charge >= 0.3 is 0 Å². The summed E-state index contributed by atoms with van der Waals surface area (Å²) in [5, 5.41) is 24.6. The van der Waals surface area contributed by atoms with Crippen LogP contribution in [0.4, 0.5) is 5.69 Å². The molecule has 0 heterocycles. The molecular formula is C18H15N3O3S. The Morgan fingerprint density at radius 1 is 0.840 bits per heavy atom. The first-order chi connectivity index (χ1) is 12.1. The highest BCUT2D eigenvalue weighted by Gasteiger charge is 2.16. The number of rotatable bonds is 2. The van der Waals surface area contributed by atoms with Crippen LogP contribution in [0.2, 0.25) is 0 Å². The molecule has 0 aromatic heterocycles. The lowest BCUT2D eigenvalue weighted by atomic mass is 10.1. The smallest absolute Gasteiger partial charge is 0.277 e. The fourth-order valence-corrected chi connectivity index (χ4v) is 2.59. The molecule has 5 N–H and O–H groups in total. The van der Waals surface area contributed by atoms with Gasteiger partial charge in [-0.2, -0.15) is 0 Å². The summed E-state index contributed by atoms with van der Waals surface area (Å²) < 4.78 is 0. The maximum atomic E-state index is 12.1. The molecule has 0 radical (unpaired) electrons. The lowest BCUT2D eigenvalue weighted by Crippen LogP contribution is -2.43.